The first-order valence-corrected chi connectivity index (χ1v) is 37.6. The van der Waals surface area contributed by atoms with E-state index in [1.807, 2.05) is 0 Å². The van der Waals surface area contributed by atoms with Crippen LogP contribution in [0.1, 0.15) is 47.4 Å². The summed E-state index contributed by atoms with van der Waals surface area (Å²) in [6, 6.07) is 11.8. The number of phosphoric ester groups is 1. The van der Waals surface area contributed by atoms with Crippen LogP contribution in [0.2, 0.25) is 0 Å². The molecule has 0 aliphatic carbocycles. The number of carboxylic acid groups (broad SMARTS) is 1. The zero-order chi connectivity index (χ0) is 62.0. The normalized spacial score (nSPS) is 34.6. The molecule has 0 aromatic heterocycles. The van der Waals surface area contributed by atoms with E-state index in [1.54, 1.807) is 38.1 Å². The summed E-state index contributed by atoms with van der Waals surface area (Å²) >= 11 is 5.54. The van der Waals surface area contributed by atoms with Crippen LogP contribution < -0.4 is 48.4 Å². The highest BCUT2D eigenvalue weighted by molar-refractivity contribution is 7.77. The summed E-state index contributed by atoms with van der Waals surface area (Å²) in [5.74, 6) is -1.91. The topological polar surface area (TPSA) is 662 Å². The number of aliphatic hydroxyl groups is 2. The Hall–Kier alpha value is -0.450. The molecule has 466 valence electrons. The van der Waals surface area contributed by atoms with Gasteiger partial charge in [0.05, 0.1) is 51.4 Å². The Bertz CT molecular complexity index is 2860. The van der Waals surface area contributed by atoms with Crippen molar-refractivity contribution in [3.05, 3.63) is 59.7 Å². The molecule has 7 rings (SSSR count). The summed E-state index contributed by atoms with van der Waals surface area (Å²) in [4.78, 5) is 136. The molecule has 4 saturated heterocycles. The molecule has 0 bridgehead atoms. The molecule has 0 spiro atoms. The number of ether oxygens (including phenoxy) is 2. The first-order valence-electron chi connectivity index (χ1n) is 20.0. The van der Waals surface area contributed by atoms with Gasteiger partial charge in [0.15, 0.2) is 0 Å². The number of benzene rings is 2. The molecule has 4 fully saturated rings. The molecule has 5 aliphatic rings. The maximum absolute atomic E-state index is 11.2. The van der Waals surface area contributed by atoms with Gasteiger partial charge in [0.2, 0.25) is 0 Å². The molecule has 5 aliphatic heterocycles. The summed E-state index contributed by atoms with van der Waals surface area (Å²) in [5.41, 5.74) is -0.00736. The summed E-state index contributed by atoms with van der Waals surface area (Å²) in [5, 5.41) is 29.8. The van der Waals surface area contributed by atoms with Crippen molar-refractivity contribution >= 4 is 119 Å². The summed E-state index contributed by atoms with van der Waals surface area (Å²) in [6.07, 6.45) is -3.26. The Morgan fingerprint density at radius 3 is 1.64 bits per heavy atom. The molecule has 15 atom stereocenters. The average molecular weight is 1430 g/mol. The fourth-order valence-corrected chi connectivity index (χ4v) is 18.6. The number of aromatic carboxylic acids is 1. The minimum atomic E-state index is -5.70. The first-order chi connectivity index (χ1) is 36.6. The summed E-state index contributed by atoms with van der Waals surface area (Å²) in [6.45, 7) is 2.46. The molecule has 7 N–H and O–H groups in total. The number of hydrogen-bond acceptors (Lipinski definition) is 37. The van der Waals surface area contributed by atoms with Gasteiger partial charge in [-0.25, -0.2) is 48.7 Å². The lowest BCUT2D eigenvalue weighted by atomic mass is 10.1. The minimum Gasteiger partial charge on any atom is -0.790 e. The molecule has 55 heteroatoms. The van der Waals surface area contributed by atoms with E-state index in [2.05, 4.69) is 47.8 Å². The molecule has 11 unspecified atom stereocenters. The van der Waals surface area contributed by atoms with Gasteiger partial charge in [-0.05, 0) is 49.4 Å². The van der Waals surface area contributed by atoms with Crippen molar-refractivity contribution in [2.45, 2.75) is 63.3 Å². The minimum absolute atomic E-state index is 0.152. The zero-order valence-electron chi connectivity index (χ0n) is 39.1. The Labute approximate surface area is 460 Å². The largest absolute Gasteiger partial charge is 0.790 e. The van der Waals surface area contributed by atoms with Crippen LogP contribution in [0.25, 0.3) is 0 Å². The van der Waals surface area contributed by atoms with Gasteiger partial charge in [-0.3, -0.25) is 27.1 Å². The van der Waals surface area contributed by atoms with Gasteiger partial charge in [-0.2, -0.15) is 4.31 Å². The van der Waals surface area contributed by atoms with Crippen LogP contribution in [0.4, 0.5) is 0 Å². The average Bonchev–Trinajstić information content (AvgIpc) is 3.74. The molecule has 2 aromatic carbocycles. The summed E-state index contributed by atoms with van der Waals surface area (Å²) in [7, 11) is -54.6. The van der Waals surface area contributed by atoms with Gasteiger partial charge in [0, 0.05) is 18.4 Å². The van der Waals surface area contributed by atoms with Crippen LogP contribution in [0.3, 0.4) is 0 Å². The van der Waals surface area contributed by atoms with Crippen molar-refractivity contribution in [1.29, 1.82) is 0 Å². The van der Waals surface area contributed by atoms with Crippen LogP contribution in [0.15, 0.2) is 48.5 Å². The smallest absolute Gasteiger partial charge is 0.488 e. The first kappa shape index (κ1) is 74.8. The third-order valence-electron chi connectivity index (χ3n) is 7.96. The second kappa shape index (κ2) is 30.6. The molecule has 0 radical (unpaired) electrons. The van der Waals surface area contributed by atoms with E-state index in [1.165, 1.54) is 12.1 Å². The standard InChI is InChI=1S/C7H4ClO3P.C7H7O10P3.C6H15O12P3.C6H13O10P3.H4O7P2/c8-12-10-6-4-2-1-3-5(6)7(9)11-12;8-7(9)5-3-1-2-4-6(5)14-18-15-19(10,11)17-20(12,13)16-18;1-4-2-5(7)6(16-4)3-15-20(11,12)18-21(13,14)17-19(8,9)10;1-4-2-5(7)6(13-4)3-12-17-14-18(8,9)16-19(10,11)15-17;1-8(2,3)7-9(4,5)6/h1-4H;1-4H,(H,8,9)(H,10,11)(H,12,13);4-7H,2-3H2,1H3,(H,11,12)(H,13,14)(H2,8,9,10);4-7H,2-3H2,1H3,(H,8,9)(H,10,11);(H2,1,2,3)(H2,4,5,6)/p-8/t;;2*4-,5?,6+;/m..00./s1. The predicted molar refractivity (Wildman–Crippen MR) is 242 cm³/mol. The number of carboxylic acids is 1. The Morgan fingerprint density at radius 1 is 0.704 bits per heavy atom. The molecule has 0 saturated carbocycles. The number of hydrogen-bond donors (Lipinski definition) is 7. The highest BCUT2D eigenvalue weighted by Crippen LogP contribution is 2.77. The molecule has 0 amide bonds. The van der Waals surface area contributed by atoms with Gasteiger partial charge in [-0.15, -0.1) is 0 Å². The van der Waals surface area contributed by atoms with Crippen molar-refractivity contribution in [3.8, 4) is 11.5 Å². The fourth-order valence-electron chi connectivity index (χ4n) is 5.37. The number of carbonyl (C=O) groups excluding carboxylic acids is 2. The lowest BCUT2D eigenvalue weighted by molar-refractivity contribution is -0.339. The van der Waals surface area contributed by atoms with Gasteiger partial charge in [0.25, 0.3) is 39.1 Å². The SMILES string of the molecule is C[C@H]1CC(O)[C@@H](COP(=O)([O-])OP(=O)(O)OP(=O)([O-])O)O1.C[C@H]1CC(O)[C@@H](COP2OP(=O)(O)OP(=O)(O)O2)O1.O=C([O-])c1ccccc1OP1OP(=O)([O-])OP(=O)([O-])O1.O=C1OP(Cl)Oc2ccccc21.O=P([O-])([O-])OP(=O)([O-])O. The maximum atomic E-state index is 11.2. The van der Waals surface area contributed by atoms with Crippen molar-refractivity contribution in [3.63, 3.8) is 0 Å². The number of rotatable bonds is 15. The number of halogens is 1. The Balaban J connectivity index is 0.000000273. The van der Waals surface area contributed by atoms with E-state index < -0.39 is 144 Å². The zero-order valence-corrected chi connectivity index (χ0v) is 50.6. The van der Waals surface area contributed by atoms with Gasteiger partial charge < -0.3 is 115 Å². The fraction of sp³-hybridized carbons (Fsp3) is 0.462. The number of para-hydroxylation sites is 2. The lowest BCUT2D eigenvalue weighted by Crippen LogP contribution is -2.27. The summed E-state index contributed by atoms with van der Waals surface area (Å²) < 4.78 is 163. The molecule has 5 heterocycles. The van der Waals surface area contributed by atoms with Gasteiger partial charge in [0.1, 0.15) is 29.3 Å². The highest BCUT2D eigenvalue weighted by atomic mass is 35.7. The Kier molecular flexibility index (Phi) is 28.3. The second-order valence-corrected chi connectivity index (χ2v) is 31.9. The van der Waals surface area contributed by atoms with E-state index >= 15 is 0 Å². The second-order valence-electron chi connectivity index (χ2n) is 14.5. The third-order valence-corrected chi connectivity index (χ3v) is 23.7. The van der Waals surface area contributed by atoms with Gasteiger partial charge in [-0.1, -0.05) is 24.3 Å². The van der Waals surface area contributed by atoms with Crippen molar-refractivity contribution in [2.75, 3.05) is 13.2 Å². The van der Waals surface area contributed by atoms with Crippen LogP contribution in [-0.2, 0) is 103 Å². The maximum Gasteiger partial charge on any atom is 0.488 e. The van der Waals surface area contributed by atoms with Crippen molar-refractivity contribution < 1.29 is 196 Å². The number of fused-ring (bicyclic) bond motifs is 1. The number of carbonyl (C=O) groups is 2. The van der Waals surface area contributed by atoms with Crippen LogP contribution in [0.5, 0.6) is 11.5 Å². The highest BCUT2D eigenvalue weighted by Gasteiger charge is 2.48. The van der Waals surface area contributed by atoms with E-state index in [0.29, 0.717) is 17.7 Å². The van der Waals surface area contributed by atoms with Gasteiger partial charge >= 0.3 is 54.4 Å². The van der Waals surface area contributed by atoms with E-state index in [4.69, 9.17) is 58.8 Å². The molecular formula is C26H35ClO42P12-8. The quantitative estimate of drug-likeness (QED) is 0.108. The van der Waals surface area contributed by atoms with Crippen LogP contribution in [-0.4, -0.2) is 96.5 Å². The molecule has 2 aromatic rings. The Morgan fingerprint density at radius 2 is 1.19 bits per heavy atom. The van der Waals surface area contributed by atoms with E-state index in [9.17, 15) is 100 Å². The monoisotopic (exact) mass is 1430 g/mol. The lowest BCUT2D eigenvalue weighted by Gasteiger charge is -2.37. The predicted octanol–water partition coefficient (Wildman–Crippen LogP) is -0.714. The molecule has 81 heavy (non-hydrogen) atoms. The van der Waals surface area contributed by atoms with Crippen LogP contribution in [0, 0.1) is 0 Å². The molecule has 42 nitrogen and oxygen atoms in total. The van der Waals surface area contributed by atoms with E-state index in [-0.39, 0.29) is 31.0 Å². The number of aliphatic hydroxyl groups excluding tert-OH is 2. The van der Waals surface area contributed by atoms with Crippen molar-refractivity contribution in [1.82, 2.24) is 0 Å². The third kappa shape index (κ3) is 29.9. The number of phosphoric acid groups is 9. The van der Waals surface area contributed by atoms with Crippen molar-refractivity contribution in [2.24, 2.45) is 0 Å². The van der Waals surface area contributed by atoms with Crippen LogP contribution >= 0.6 is 107 Å². The molecular weight excluding hydrogens is 1390 g/mol. The van der Waals surface area contributed by atoms with E-state index in [0.717, 1.165) is 12.1 Å².